The lowest BCUT2D eigenvalue weighted by Crippen LogP contribution is -2.33. The van der Waals surface area contributed by atoms with E-state index >= 15 is 0 Å². The number of nitrogens with zero attached hydrogens (tertiary/aromatic N) is 1. The van der Waals surface area contributed by atoms with Crippen LogP contribution >= 0.6 is 0 Å². The quantitative estimate of drug-likeness (QED) is 0.860. The molecule has 1 aromatic carbocycles. The zero-order valence-corrected chi connectivity index (χ0v) is 10.6. The van der Waals surface area contributed by atoms with Gasteiger partial charge in [0.25, 0.3) is 5.91 Å². The van der Waals surface area contributed by atoms with Crippen LogP contribution in [0.3, 0.4) is 0 Å². The molecule has 3 nitrogen and oxygen atoms in total. The van der Waals surface area contributed by atoms with Gasteiger partial charge in [0.15, 0.2) is 0 Å². The van der Waals surface area contributed by atoms with Gasteiger partial charge in [-0.15, -0.1) is 0 Å². The first-order valence-electron chi connectivity index (χ1n) is 6.20. The van der Waals surface area contributed by atoms with E-state index in [9.17, 15) is 4.79 Å². The molecule has 1 aliphatic rings. The molecule has 1 aliphatic heterocycles. The van der Waals surface area contributed by atoms with Gasteiger partial charge in [0.05, 0.1) is 0 Å². The van der Waals surface area contributed by atoms with Crippen LogP contribution in [-0.4, -0.2) is 37.5 Å². The fourth-order valence-electron chi connectivity index (χ4n) is 2.36. The van der Waals surface area contributed by atoms with E-state index in [4.69, 9.17) is 0 Å². The minimum absolute atomic E-state index is 0.134. The number of hydrogen-bond acceptors (Lipinski definition) is 2. The van der Waals surface area contributed by atoms with Crippen molar-refractivity contribution in [2.45, 2.75) is 13.3 Å². The Labute approximate surface area is 103 Å². The average molecular weight is 232 g/mol. The Morgan fingerprint density at radius 1 is 1.47 bits per heavy atom. The smallest absolute Gasteiger partial charge is 0.253 e. The van der Waals surface area contributed by atoms with Gasteiger partial charge in [-0.3, -0.25) is 4.79 Å². The fraction of sp³-hybridized carbons (Fsp3) is 0.500. The van der Waals surface area contributed by atoms with Crippen molar-refractivity contribution in [1.82, 2.24) is 10.2 Å². The van der Waals surface area contributed by atoms with Gasteiger partial charge in [0.1, 0.15) is 0 Å². The van der Waals surface area contributed by atoms with Gasteiger partial charge in [0, 0.05) is 19.2 Å². The molecule has 0 aliphatic carbocycles. The summed E-state index contributed by atoms with van der Waals surface area (Å²) in [6.45, 7) is 4.95. The molecule has 1 unspecified atom stereocenters. The summed E-state index contributed by atoms with van der Waals surface area (Å²) in [6, 6.07) is 7.78. The van der Waals surface area contributed by atoms with Crippen LogP contribution in [0.4, 0.5) is 0 Å². The van der Waals surface area contributed by atoms with E-state index in [0.717, 1.165) is 30.8 Å². The Morgan fingerprint density at radius 2 is 2.24 bits per heavy atom. The molecule has 92 valence electrons. The maximum Gasteiger partial charge on any atom is 0.253 e. The number of carbonyl (C=O) groups is 1. The van der Waals surface area contributed by atoms with Crippen LogP contribution in [0.2, 0.25) is 0 Å². The van der Waals surface area contributed by atoms with Crippen molar-refractivity contribution in [3.63, 3.8) is 0 Å². The number of hydrogen-bond donors (Lipinski definition) is 1. The second-order valence-corrected chi connectivity index (χ2v) is 4.86. The maximum absolute atomic E-state index is 12.3. The van der Waals surface area contributed by atoms with Crippen LogP contribution in [0.1, 0.15) is 22.3 Å². The molecular weight excluding hydrogens is 212 g/mol. The van der Waals surface area contributed by atoms with Gasteiger partial charge in [-0.25, -0.2) is 0 Å². The first-order chi connectivity index (χ1) is 8.18. The van der Waals surface area contributed by atoms with E-state index in [1.165, 1.54) is 6.42 Å². The largest absolute Gasteiger partial charge is 0.341 e. The number of nitrogens with one attached hydrogen (secondary N) is 1. The molecule has 1 N–H and O–H groups in total. The molecule has 0 spiro atoms. The van der Waals surface area contributed by atoms with Gasteiger partial charge in [-0.1, -0.05) is 18.2 Å². The third kappa shape index (κ3) is 2.86. The van der Waals surface area contributed by atoms with Crippen molar-refractivity contribution in [2.24, 2.45) is 5.92 Å². The molecule has 0 aromatic heterocycles. The molecule has 1 aromatic rings. The highest BCUT2D eigenvalue weighted by Gasteiger charge is 2.20. The lowest BCUT2D eigenvalue weighted by molar-refractivity contribution is 0.0775. The van der Waals surface area contributed by atoms with Crippen molar-refractivity contribution in [1.29, 1.82) is 0 Å². The number of aryl methyl sites for hydroxylation is 1. The molecule has 1 atom stereocenters. The average Bonchev–Trinajstić information content (AvgIpc) is 2.81. The molecular formula is C14H20N2O. The Kier molecular flexibility index (Phi) is 3.79. The lowest BCUT2D eigenvalue weighted by Gasteiger charge is -2.21. The summed E-state index contributed by atoms with van der Waals surface area (Å²) < 4.78 is 0. The standard InChI is InChI=1S/C14H20N2O/c1-11-5-3-4-6-13(11)14(17)16(2)10-12-7-8-15-9-12/h3-6,12,15H,7-10H2,1-2H3. The van der Waals surface area contributed by atoms with E-state index in [-0.39, 0.29) is 5.91 Å². The predicted molar refractivity (Wildman–Crippen MR) is 69.1 cm³/mol. The van der Waals surface area contributed by atoms with Crippen LogP contribution in [0.15, 0.2) is 24.3 Å². The fourth-order valence-corrected chi connectivity index (χ4v) is 2.36. The molecule has 0 bridgehead atoms. The van der Waals surface area contributed by atoms with Crippen molar-refractivity contribution in [3.05, 3.63) is 35.4 Å². The van der Waals surface area contributed by atoms with E-state index in [1.54, 1.807) is 0 Å². The highest BCUT2D eigenvalue weighted by atomic mass is 16.2. The molecule has 0 radical (unpaired) electrons. The van der Waals surface area contributed by atoms with Crippen molar-refractivity contribution >= 4 is 5.91 Å². The van der Waals surface area contributed by atoms with E-state index in [0.29, 0.717) is 5.92 Å². The third-order valence-corrected chi connectivity index (χ3v) is 3.42. The first kappa shape index (κ1) is 12.1. The normalized spacial score (nSPS) is 19.3. The third-order valence-electron chi connectivity index (χ3n) is 3.42. The Hall–Kier alpha value is -1.35. The summed E-state index contributed by atoms with van der Waals surface area (Å²) in [4.78, 5) is 14.1. The van der Waals surface area contributed by atoms with E-state index < -0.39 is 0 Å². The summed E-state index contributed by atoms with van der Waals surface area (Å²) in [7, 11) is 1.90. The SMILES string of the molecule is Cc1ccccc1C(=O)N(C)CC1CCNC1. The summed E-state index contributed by atoms with van der Waals surface area (Å²) in [6.07, 6.45) is 1.17. The highest BCUT2D eigenvalue weighted by molar-refractivity contribution is 5.95. The highest BCUT2D eigenvalue weighted by Crippen LogP contribution is 2.13. The van der Waals surface area contributed by atoms with Crippen LogP contribution in [0.5, 0.6) is 0 Å². The van der Waals surface area contributed by atoms with Crippen LogP contribution in [0.25, 0.3) is 0 Å². The monoisotopic (exact) mass is 232 g/mol. The second kappa shape index (κ2) is 5.32. The number of rotatable bonds is 3. The van der Waals surface area contributed by atoms with E-state index in [2.05, 4.69) is 5.32 Å². The first-order valence-corrected chi connectivity index (χ1v) is 6.20. The van der Waals surface area contributed by atoms with Gasteiger partial charge >= 0.3 is 0 Å². The summed E-state index contributed by atoms with van der Waals surface area (Å²) in [5.41, 5.74) is 1.87. The van der Waals surface area contributed by atoms with Gasteiger partial charge < -0.3 is 10.2 Å². The van der Waals surface area contributed by atoms with E-state index in [1.807, 2.05) is 43.1 Å². The van der Waals surface area contributed by atoms with Crippen molar-refractivity contribution < 1.29 is 4.79 Å². The number of benzene rings is 1. The number of amides is 1. The van der Waals surface area contributed by atoms with Gasteiger partial charge in [-0.2, -0.15) is 0 Å². The zero-order chi connectivity index (χ0) is 12.3. The molecule has 1 heterocycles. The minimum atomic E-state index is 0.134. The Morgan fingerprint density at radius 3 is 2.88 bits per heavy atom. The summed E-state index contributed by atoms with van der Waals surface area (Å²) in [5, 5.41) is 3.33. The molecule has 1 amide bonds. The van der Waals surface area contributed by atoms with Crippen molar-refractivity contribution in [2.75, 3.05) is 26.7 Å². The summed E-state index contributed by atoms with van der Waals surface area (Å²) in [5.74, 6) is 0.739. The zero-order valence-electron chi connectivity index (χ0n) is 10.6. The summed E-state index contributed by atoms with van der Waals surface area (Å²) >= 11 is 0. The van der Waals surface area contributed by atoms with Crippen LogP contribution in [-0.2, 0) is 0 Å². The second-order valence-electron chi connectivity index (χ2n) is 4.86. The maximum atomic E-state index is 12.3. The number of carbonyl (C=O) groups excluding carboxylic acids is 1. The lowest BCUT2D eigenvalue weighted by atomic mass is 10.1. The van der Waals surface area contributed by atoms with Crippen LogP contribution < -0.4 is 5.32 Å². The molecule has 2 rings (SSSR count). The molecule has 17 heavy (non-hydrogen) atoms. The Balaban J connectivity index is 2.01. The van der Waals surface area contributed by atoms with Crippen molar-refractivity contribution in [3.8, 4) is 0 Å². The van der Waals surface area contributed by atoms with Gasteiger partial charge in [-0.05, 0) is 44.0 Å². The molecule has 3 heteroatoms. The van der Waals surface area contributed by atoms with Crippen LogP contribution in [0, 0.1) is 12.8 Å². The van der Waals surface area contributed by atoms with Gasteiger partial charge in [0.2, 0.25) is 0 Å². The molecule has 1 saturated heterocycles. The predicted octanol–water partition coefficient (Wildman–Crippen LogP) is 1.68. The topological polar surface area (TPSA) is 32.3 Å². The molecule has 0 saturated carbocycles. The Bertz CT molecular complexity index is 397. The molecule has 1 fully saturated rings. The minimum Gasteiger partial charge on any atom is -0.341 e.